The van der Waals surface area contributed by atoms with Crippen molar-refractivity contribution in [2.45, 2.75) is 57.6 Å². The Morgan fingerprint density at radius 2 is 1.83 bits per heavy atom. The molecule has 1 saturated heterocycles. The Hall–Kier alpha value is -1.29. The lowest BCUT2D eigenvalue weighted by atomic mass is 9.86. The van der Waals surface area contributed by atoms with E-state index in [0.29, 0.717) is 23.9 Å². The van der Waals surface area contributed by atoms with Crippen molar-refractivity contribution in [3.05, 3.63) is 35.4 Å². The standard InChI is InChI=1S/C20H29NO2S/c1-5-24-17-8-6-7-13-21(14-17)19(23)18(22)15-9-11-16(12-10-15)20(2,3)4/h9-12,17H,5-8,13-14H2,1-4H3. The van der Waals surface area contributed by atoms with Crippen LogP contribution in [0.1, 0.15) is 62.9 Å². The summed E-state index contributed by atoms with van der Waals surface area (Å²) in [5.41, 5.74) is 1.71. The molecule has 0 spiro atoms. The molecule has 1 unspecified atom stereocenters. The average molecular weight is 348 g/mol. The van der Waals surface area contributed by atoms with Gasteiger partial charge in [-0.3, -0.25) is 9.59 Å². The largest absolute Gasteiger partial charge is 0.335 e. The van der Waals surface area contributed by atoms with Gasteiger partial charge in [-0.1, -0.05) is 58.4 Å². The average Bonchev–Trinajstić information content (AvgIpc) is 2.79. The molecule has 1 aliphatic heterocycles. The van der Waals surface area contributed by atoms with E-state index in [1.54, 1.807) is 17.0 Å². The highest BCUT2D eigenvalue weighted by atomic mass is 32.2. The Bertz CT molecular complexity index is 574. The molecular weight excluding hydrogens is 318 g/mol. The van der Waals surface area contributed by atoms with Gasteiger partial charge in [0.15, 0.2) is 0 Å². The van der Waals surface area contributed by atoms with E-state index in [-0.39, 0.29) is 17.1 Å². The molecule has 24 heavy (non-hydrogen) atoms. The molecule has 0 aliphatic carbocycles. The third-order valence-electron chi connectivity index (χ3n) is 4.53. The van der Waals surface area contributed by atoms with Crippen molar-refractivity contribution >= 4 is 23.5 Å². The molecule has 0 radical (unpaired) electrons. The minimum atomic E-state index is -0.377. The van der Waals surface area contributed by atoms with Gasteiger partial charge in [-0.2, -0.15) is 11.8 Å². The first kappa shape index (κ1) is 19.0. The highest BCUT2D eigenvalue weighted by Gasteiger charge is 2.27. The van der Waals surface area contributed by atoms with E-state index >= 15 is 0 Å². The second-order valence-electron chi connectivity index (χ2n) is 7.48. The van der Waals surface area contributed by atoms with Crippen LogP contribution in [-0.2, 0) is 10.2 Å². The monoisotopic (exact) mass is 347 g/mol. The molecule has 4 heteroatoms. The number of carbonyl (C=O) groups excluding carboxylic acids is 2. The molecule has 0 aromatic heterocycles. The van der Waals surface area contributed by atoms with E-state index in [1.807, 2.05) is 23.9 Å². The van der Waals surface area contributed by atoms with Gasteiger partial charge in [0.25, 0.3) is 5.91 Å². The van der Waals surface area contributed by atoms with Crippen LogP contribution in [0.5, 0.6) is 0 Å². The summed E-state index contributed by atoms with van der Waals surface area (Å²) in [4.78, 5) is 27.0. The van der Waals surface area contributed by atoms with Crippen molar-refractivity contribution in [2.24, 2.45) is 0 Å². The quantitative estimate of drug-likeness (QED) is 0.602. The minimum absolute atomic E-state index is 0.0426. The molecule has 0 saturated carbocycles. The molecule has 1 aliphatic rings. The second-order valence-corrected chi connectivity index (χ2v) is 9.06. The fourth-order valence-corrected chi connectivity index (χ4v) is 4.14. The van der Waals surface area contributed by atoms with E-state index < -0.39 is 0 Å². The molecule has 1 aromatic rings. The number of rotatable bonds is 4. The van der Waals surface area contributed by atoms with Crippen LogP contribution < -0.4 is 0 Å². The molecule has 1 fully saturated rings. The fraction of sp³-hybridized carbons (Fsp3) is 0.600. The van der Waals surface area contributed by atoms with Crippen molar-refractivity contribution in [2.75, 3.05) is 18.8 Å². The van der Waals surface area contributed by atoms with Gasteiger partial charge in [0, 0.05) is 23.9 Å². The summed E-state index contributed by atoms with van der Waals surface area (Å²) >= 11 is 1.89. The van der Waals surface area contributed by atoms with Gasteiger partial charge in [-0.15, -0.1) is 0 Å². The van der Waals surface area contributed by atoms with Gasteiger partial charge in [0.2, 0.25) is 5.78 Å². The van der Waals surface area contributed by atoms with Gasteiger partial charge in [-0.25, -0.2) is 0 Å². The van der Waals surface area contributed by atoms with Gasteiger partial charge in [0.05, 0.1) is 0 Å². The minimum Gasteiger partial charge on any atom is -0.335 e. The van der Waals surface area contributed by atoms with Crippen LogP contribution in [0.15, 0.2) is 24.3 Å². The van der Waals surface area contributed by atoms with Crippen LogP contribution in [0.25, 0.3) is 0 Å². The smallest absolute Gasteiger partial charge is 0.294 e. The molecule has 0 bridgehead atoms. The van der Waals surface area contributed by atoms with E-state index in [9.17, 15) is 9.59 Å². The lowest BCUT2D eigenvalue weighted by molar-refractivity contribution is -0.126. The van der Waals surface area contributed by atoms with Crippen molar-refractivity contribution in [1.82, 2.24) is 4.90 Å². The van der Waals surface area contributed by atoms with Gasteiger partial charge in [0.1, 0.15) is 0 Å². The number of benzene rings is 1. The summed E-state index contributed by atoms with van der Waals surface area (Å²) in [7, 11) is 0. The Balaban J connectivity index is 2.09. The number of Topliss-reactive ketones (excluding diaryl/α,β-unsaturated/α-hetero) is 1. The normalized spacial score (nSPS) is 19.0. The zero-order valence-corrected chi connectivity index (χ0v) is 16.1. The number of amides is 1. The topological polar surface area (TPSA) is 37.4 Å². The number of likely N-dealkylation sites (tertiary alicyclic amines) is 1. The second kappa shape index (κ2) is 8.19. The van der Waals surface area contributed by atoms with Crippen LogP contribution in [0.3, 0.4) is 0 Å². The van der Waals surface area contributed by atoms with Crippen LogP contribution in [0, 0.1) is 0 Å². The maximum atomic E-state index is 12.7. The van der Waals surface area contributed by atoms with Crippen molar-refractivity contribution in [3.8, 4) is 0 Å². The maximum Gasteiger partial charge on any atom is 0.294 e. The number of nitrogens with zero attached hydrogens (tertiary/aromatic N) is 1. The predicted molar refractivity (Wildman–Crippen MR) is 102 cm³/mol. The molecular formula is C20H29NO2S. The third-order valence-corrected chi connectivity index (χ3v) is 5.71. The Morgan fingerprint density at radius 1 is 1.17 bits per heavy atom. The van der Waals surface area contributed by atoms with Crippen LogP contribution in [0.4, 0.5) is 0 Å². The number of hydrogen-bond acceptors (Lipinski definition) is 3. The van der Waals surface area contributed by atoms with Gasteiger partial charge in [-0.05, 0) is 29.6 Å². The van der Waals surface area contributed by atoms with E-state index in [0.717, 1.165) is 25.0 Å². The van der Waals surface area contributed by atoms with E-state index in [2.05, 4.69) is 27.7 Å². The van der Waals surface area contributed by atoms with E-state index in [4.69, 9.17) is 0 Å². The summed E-state index contributed by atoms with van der Waals surface area (Å²) in [5, 5.41) is 0.456. The zero-order chi connectivity index (χ0) is 17.7. The first-order chi connectivity index (χ1) is 11.3. The van der Waals surface area contributed by atoms with Crippen LogP contribution in [-0.4, -0.2) is 40.7 Å². The first-order valence-electron chi connectivity index (χ1n) is 8.88. The van der Waals surface area contributed by atoms with Gasteiger partial charge >= 0.3 is 0 Å². The Kier molecular flexibility index (Phi) is 6.50. The summed E-state index contributed by atoms with van der Waals surface area (Å²) in [6, 6.07) is 7.49. The Labute approximate surface area is 150 Å². The summed E-state index contributed by atoms with van der Waals surface area (Å²) in [5.74, 6) is 0.328. The molecule has 1 aromatic carbocycles. The maximum absolute atomic E-state index is 12.7. The fourth-order valence-electron chi connectivity index (χ4n) is 3.05. The third kappa shape index (κ3) is 4.85. The summed E-state index contributed by atoms with van der Waals surface area (Å²) in [6.07, 6.45) is 3.26. The van der Waals surface area contributed by atoms with Crippen LogP contribution >= 0.6 is 11.8 Å². The predicted octanol–water partition coefficient (Wildman–Crippen LogP) is 4.30. The number of carbonyl (C=O) groups is 2. The molecule has 3 nitrogen and oxygen atoms in total. The van der Waals surface area contributed by atoms with Crippen LogP contribution in [0.2, 0.25) is 0 Å². The highest BCUT2D eigenvalue weighted by Crippen LogP contribution is 2.24. The number of hydrogen-bond donors (Lipinski definition) is 0. The SMILES string of the molecule is CCSC1CCCCN(C(=O)C(=O)c2ccc(C(C)(C)C)cc2)C1. The van der Waals surface area contributed by atoms with Crippen molar-refractivity contribution in [1.29, 1.82) is 0 Å². The Morgan fingerprint density at radius 3 is 2.42 bits per heavy atom. The van der Waals surface area contributed by atoms with E-state index in [1.165, 1.54) is 5.56 Å². The molecule has 1 amide bonds. The van der Waals surface area contributed by atoms with Gasteiger partial charge < -0.3 is 4.90 Å². The molecule has 132 valence electrons. The zero-order valence-electron chi connectivity index (χ0n) is 15.3. The molecule has 0 N–H and O–H groups in total. The molecule has 1 atom stereocenters. The molecule has 1 heterocycles. The summed E-state index contributed by atoms with van der Waals surface area (Å²) < 4.78 is 0. The lowest BCUT2D eigenvalue weighted by Crippen LogP contribution is -2.40. The highest BCUT2D eigenvalue weighted by molar-refractivity contribution is 7.99. The number of thioether (sulfide) groups is 1. The first-order valence-corrected chi connectivity index (χ1v) is 9.93. The van der Waals surface area contributed by atoms with Crippen molar-refractivity contribution < 1.29 is 9.59 Å². The lowest BCUT2D eigenvalue weighted by Gasteiger charge is -2.23. The molecule has 2 rings (SSSR count). The summed E-state index contributed by atoms with van der Waals surface area (Å²) in [6.45, 7) is 9.95. The number of ketones is 1. The van der Waals surface area contributed by atoms with Crippen molar-refractivity contribution in [3.63, 3.8) is 0 Å².